The Hall–Kier alpha value is -3.33. The van der Waals surface area contributed by atoms with Gasteiger partial charge in [0.1, 0.15) is 12.4 Å². The van der Waals surface area contributed by atoms with E-state index >= 15 is 0 Å². The number of carbonyl (C=O) groups excluding carboxylic acids is 2. The van der Waals surface area contributed by atoms with Crippen molar-refractivity contribution >= 4 is 12.1 Å². The van der Waals surface area contributed by atoms with E-state index in [1.54, 1.807) is 0 Å². The SMILES string of the molecule is COC(=O)c1cc(C#CCNC(=O)OCc2ccccc2)ccc1F. The summed E-state index contributed by atoms with van der Waals surface area (Å²) in [5.41, 5.74) is 1.12. The van der Waals surface area contributed by atoms with E-state index in [2.05, 4.69) is 21.9 Å². The fourth-order valence-corrected chi connectivity index (χ4v) is 1.91. The van der Waals surface area contributed by atoms with E-state index in [4.69, 9.17) is 4.74 Å². The van der Waals surface area contributed by atoms with E-state index in [9.17, 15) is 14.0 Å². The Morgan fingerprint density at radius 2 is 1.92 bits per heavy atom. The molecule has 0 aliphatic carbocycles. The highest BCUT2D eigenvalue weighted by atomic mass is 19.1. The van der Waals surface area contributed by atoms with Gasteiger partial charge in [0.25, 0.3) is 0 Å². The molecule has 0 spiro atoms. The van der Waals surface area contributed by atoms with E-state index < -0.39 is 17.9 Å². The Bertz CT molecular complexity index is 809. The van der Waals surface area contributed by atoms with Crippen LogP contribution in [0, 0.1) is 17.7 Å². The lowest BCUT2D eigenvalue weighted by Crippen LogP contribution is -2.24. The molecule has 0 saturated carbocycles. The van der Waals surface area contributed by atoms with Crippen LogP contribution in [-0.4, -0.2) is 25.7 Å². The second-order valence-electron chi connectivity index (χ2n) is 4.90. The number of hydrogen-bond acceptors (Lipinski definition) is 4. The first-order chi connectivity index (χ1) is 12.1. The van der Waals surface area contributed by atoms with Gasteiger partial charge in [0.2, 0.25) is 0 Å². The van der Waals surface area contributed by atoms with Crippen LogP contribution >= 0.6 is 0 Å². The zero-order valence-corrected chi connectivity index (χ0v) is 13.5. The van der Waals surface area contributed by atoms with E-state index in [-0.39, 0.29) is 18.7 Å². The van der Waals surface area contributed by atoms with Crippen LogP contribution < -0.4 is 5.32 Å². The van der Waals surface area contributed by atoms with E-state index in [0.29, 0.717) is 5.56 Å². The lowest BCUT2D eigenvalue weighted by molar-refractivity contribution is 0.0595. The Labute approximate surface area is 144 Å². The van der Waals surface area contributed by atoms with Crippen molar-refractivity contribution in [2.75, 3.05) is 13.7 Å². The Kier molecular flexibility index (Phi) is 6.55. The van der Waals surface area contributed by atoms with Gasteiger partial charge < -0.3 is 14.8 Å². The lowest BCUT2D eigenvalue weighted by Gasteiger charge is -2.04. The molecule has 0 aromatic heterocycles. The molecule has 128 valence electrons. The molecule has 0 aliphatic heterocycles. The second kappa shape index (κ2) is 9.08. The number of amides is 1. The molecule has 2 aromatic carbocycles. The zero-order chi connectivity index (χ0) is 18.1. The number of carbonyl (C=O) groups is 2. The summed E-state index contributed by atoms with van der Waals surface area (Å²) in [5.74, 6) is 3.97. The van der Waals surface area contributed by atoms with Crippen molar-refractivity contribution in [3.8, 4) is 11.8 Å². The first kappa shape index (κ1) is 18.0. The summed E-state index contributed by atoms with van der Waals surface area (Å²) >= 11 is 0. The smallest absolute Gasteiger partial charge is 0.408 e. The van der Waals surface area contributed by atoms with Crippen LogP contribution in [0.5, 0.6) is 0 Å². The van der Waals surface area contributed by atoms with Crippen molar-refractivity contribution < 1.29 is 23.5 Å². The van der Waals surface area contributed by atoms with Crippen molar-refractivity contribution in [1.29, 1.82) is 0 Å². The maximum Gasteiger partial charge on any atom is 0.408 e. The first-order valence-corrected chi connectivity index (χ1v) is 7.41. The first-order valence-electron chi connectivity index (χ1n) is 7.41. The number of hydrogen-bond donors (Lipinski definition) is 1. The molecular formula is C19H16FNO4. The third-order valence-corrected chi connectivity index (χ3v) is 3.14. The van der Waals surface area contributed by atoms with Gasteiger partial charge in [-0.15, -0.1) is 0 Å². The van der Waals surface area contributed by atoms with Crippen molar-refractivity contribution in [3.63, 3.8) is 0 Å². The Balaban J connectivity index is 1.84. The number of benzene rings is 2. The fourth-order valence-electron chi connectivity index (χ4n) is 1.91. The highest BCUT2D eigenvalue weighted by Gasteiger charge is 2.11. The predicted octanol–water partition coefficient (Wildman–Crippen LogP) is 2.89. The number of esters is 1. The quantitative estimate of drug-likeness (QED) is 0.686. The average molecular weight is 341 g/mol. The molecule has 6 heteroatoms. The molecule has 0 aliphatic rings. The number of halogens is 1. The van der Waals surface area contributed by atoms with Gasteiger partial charge in [-0.3, -0.25) is 0 Å². The normalized spacial score (nSPS) is 9.52. The van der Waals surface area contributed by atoms with Gasteiger partial charge in [-0.1, -0.05) is 42.2 Å². The van der Waals surface area contributed by atoms with Gasteiger partial charge in [-0.05, 0) is 23.8 Å². The van der Waals surface area contributed by atoms with Crippen molar-refractivity contribution in [1.82, 2.24) is 5.32 Å². The molecule has 0 heterocycles. The Morgan fingerprint density at radius 3 is 2.64 bits per heavy atom. The minimum atomic E-state index is -0.774. The summed E-state index contributed by atoms with van der Waals surface area (Å²) < 4.78 is 23.0. The summed E-state index contributed by atoms with van der Waals surface area (Å²) in [5, 5.41) is 2.48. The maximum absolute atomic E-state index is 13.5. The molecule has 0 bridgehead atoms. The largest absolute Gasteiger partial charge is 0.465 e. The van der Waals surface area contributed by atoms with Gasteiger partial charge in [0, 0.05) is 5.56 Å². The molecule has 1 N–H and O–H groups in total. The minimum absolute atomic E-state index is 0.0541. The lowest BCUT2D eigenvalue weighted by atomic mass is 10.1. The number of rotatable bonds is 4. The van der Waals surface area contributed by atoms with Gasteiger partial charge in [-0.2, -0.15) is 0 Å². The molecular weight excluding hydrogens is 325 g/mol. The molecule has 0 radical (unpaired) electrons. The Morgan fingerprint density at radius 1 is 1.16 bits per heavy atom. The molecule has 2 aromatic rings. The van der Waals surface area contributed by atoms with Gasteiger partial charge >= 0.3 is 12.1 Å². The fraction of sp³-hybridized carbons (Fsp3) is 0.158. The molecule has 0 saturated heterocycles. The summed E-state index contributed by atoms with van der Waals surface area (Å²) in [6, 6.07) is 13.1. The van der Waals surface area contributed by atoms with E-state index in [1.165, 1.54) is 19.2 Å². The van der Waals surface area contributed by atoms with E-state index in [0.717, 1.165) is 11.6 Å². The van der Waals surface area contributed by atoms with Crippen LogP contribution in [-0.2, 0) is 16.1 Å². The van der Waals surface area contributed by atoms with Crippen molar-refractivity contribution in [2.45, 2.75) is 6.61 Å². The van der Waals surface area contributed by atoms with Gasteiger partial charge in [0.15, 0.2) is 0 Å². The second-order valence-corrected chi connectivity index (χ2v) is 4.90. The molecule has 0 unspecified atom stereocenters. The standard InChI is InChI=1S/C19H16FNO4/c1-24-18(22)16-12-14(9-10-17(16)20)8-5-11-21-19(23)25-13-15-6-3-2-4-7-15/h2-4,6-7,9-10,12H,11,13H2,1H3,(H,21,23). The third kappa shape index (κ3) is 5.66. The molecule has 1 amide bonds. The molecule has 2 rings (SSSR count). The number of methoxy groups -OCH3 is 1. The zero-order valence-electron chi connectivity index (χ0n) is 13.5. The average Bonchev–Trinajstić information content (AvgIpc) is 2.65. The van der Waals surface area contributed by atoms with Crippen LogP contribution in [0.25, 0.3) is 0 Å². The topological polar surface area (TPSA) is 64.6 Å². The minimum Gasteiger partial charge on any atom is -0.465 e. The number of alkyl carbamates (subject to hydrolysis) is 1. The van der Waals surface area contributed by atoms with E-state index in [1.807, 2.05) is 30.3 Å². The molecule has 25 heavy (non-hydrogen) atoms. The van der Waals surface area contributed by atoms with Gasteiger partial charge in [0.05, 0.1) is 19.2 Å². The predicted molar refractivity (Wildman–Crippen MR) is 89.2 cm³/mol. The summed E-state index contributed by atoms with van der Waals surface area (Å²) in [7, 11) is 1.17. The third-order valence-electron chi connectivity index (χ3n) is 3.14. The van der Waals surface area contributed by atoms with Crippen LogP contribution in [0.3, 0.4) is 0 Å². The van der Waals surface area contributed by atoms with Crippen molar-refractivity contribution in [3.05, 3.63) is 71.0 Å². The summed E-state index contributed by atoms with van der Waals surface area (Å²) in [6.45, 7) is 0.221. The summed E-state index contributed by atoms with van der Waals surface area (Å²) in [6.07, 6.45) is -0.590. The summed E-state index contributed by atoms with van der Waals surface area (Å²) in [4.78, 5) is 23.0. The van der Waals surface area contributed by atoms with Gasteiger partial charge in [-0.25, -0.2) is 14.0 Å². The number of nitrogens with one attached hydrogen (secondary N) is 1. The molecule has 5 nitrogen and oxygen atoms in total. The highest BCUT2D eigenvalue weighted by Crippen LogP contribution is 2.11. The monoisotopic (exact) mass is 341 g/mol. The van der Waals surface area contributed by atoms with Crippen LogP contribution in [0.4, 0.5) is 9.18 Å². The maximum atomic E-state index is 13.5. The highest BCUT2D eigenvalue weighted by molar-refractivity contribution is 5.90. The number of ether oxygens (including phenoxy) is 2. The molecule has 0 fully saturated rings. The van der Waals surface area contributed by atoms with Crippen LogP contribution in [0.15, 0.2) is 48.5 Å². The van der Waals surface area contributed by atoms with Crippen molar-refractivity contribution in [2.24, 2.45) is 0 Å². The van der Waals surface area contributed by atoms with Crippen LogP contribution in [0.2, 0.25) is 0 Å². The van der Waals surface area contributed by atoms with Crippen LogP contribution in [0.1, 0.15) is 21.5 Å². The molecule has 0 atom stereocenters.